The van der Waals surface area contributed by atoms with Crippen molar-refractivity contribution in [1.82, 2.24) is 9.80 Å². The van der Waals surface area contributed by atoms with E-state index in [0.29, 0.717) is 42.9 Å². The second-order valence-corrected chi connectivity index (χ2v) is 12.7. The maximum absolute atomic E-state index is 13.4. The number of likely N-dealkylation sites (tertiary alicyclic amines) is 1. The summed E-state index contributed by atoms with van der Waals surface area (Å²) < 4.78 is 51.9. The normalized spacial score (nSPS) is 30.4. The Balaban J connectivity index is 1.25. The Kier molecular flexibility index (Phi) is 6.30. The van der Waals surface area contributed by atoms with Gasteiger partial charge in [0.2, 0.25) is 0 Å². The lowest BCUT2D eigenvalue weighted by molar-refractivity contribution is -0.223. The molecule has 0 radical (unpaired) electrons. The molecule has 1 amide bonds. The first-order chi connectivity index (χ1) is 20.4. The Labute approximate surface area is 247 Å². The third kappa shape index (κ3) is 4.22. The molecule has 5 aliphatic rings. The molecule has 2 heterocycles. The molecule has 2 bridgehead atoms. The largest absolute Gasteiger partial charge is 0.504 e. The lowest BCUT2D eigenvalue weighted by Crippen LogP contribution is -2.79. The number of rotatable bonds is 4. The first-order valence-corrected chi connectivity index (χ1v) is 14.9. The number of benzene rings is 2. The van der Waals surface area contributed by atoms with Gasteiger partial charge in [0.25, 0.3) is 5.91 Å². The van der Waals surface area contributed by atoms with E-state index >= 15 is 0 Å². The summed E-state index contributed by atoms with van der Waals surface area (Å²) in [6.45, 7) is 3.18. The lowest BCUT2D eigenvalue weighted by Gasteiger charge is -2.65. The fourth-order valence-electron chi connectivity index (χ4n) is 8.39. The summed E-state index contributed by atoms with van der Waals surface area (Å²) in [5.74, 6) is 5.50. The van der Waals surface area contributed by atoms with E-state index in [1.807, 2.05) is 6.07 Å². The summed E-state index contributed by atoms with van der Waals surface area (Å²) in [5, 5.41) is 10.9. The molecule has 43 heavy (non-hydrogen) atoms. The number of hydrogen-bond acceptors (Lipinski definition) is 6. The van der Waals surface area contributed by atoms with Gasteiger partial charge in [0.15, 0.2) is 11.5 Å². The van der Waals surface area contributed by atoms with E-state index in [2.05, 4.69) is 16.7 Å². The minimum atomic E-state index is -4.46. The molecule has 10 heteroatoms. The number of carbonyl (C=O) groups excluding carboxylic acids is 2. The summed E-state index contributed by atoms with van der Waals surface area (Å²) in [6.07, 6.45) is -0.302. The smallest absolute Gasteiger partial charge is 0.416 e. The molecule has 3 aliphatic carbocycles. The number of alkyl halides is 3. The molecule has 3 fully saturated rings. The highest BCUT2D eigenvalue weighted by Gasteiger charge is 2.75. The van der Waals surface area contributed by atoms with Crippen LogP contribution in [0.5, 0.6) is 11.5 Å². The van der Waals surface area contributed by atoms with Gasteiger partial charge < -0.3 is 19.5 Å². The molecule has 0 aromatic heterocycles. The number of hydrogen-bond donors (Lipinski definition) is 1. The standard InChI is InChI=1S/C33H33F3N2O5/c1-19(39)43-32-14-13-24(37(2)27(41)12-7-20-5-9-23(10-6-20)33(34,35)36)30-31(32)15-16-38(18-21-3-4-21)26(32)17-22-8-11-25(40)29(42-30)28(22)31/h5-6,8-11,21,24,26,30,40H,3-4,13-18H2,1-2H3/t24-,26-,30+,31+,32-/m1/s1. The topological polar surface area (TPSA) is 79.3 Å². The zero-order valence-electron chi connectivity index (χ0n) is 24.0. The molecular formula is C33H33F3N2O5. The van der Waals surface area contributed by atoms with E-state index in [1.54, 1.807) is 13.1 Å². The van der Waals surface area contributed by atoms with Gasteiger partial charge in [-0.3, -0.25) is 14.5 Å². The van der Waals surface area contributed by atoms with Crippen LogP contribution >= 0.6 is 0 Å². The number of halogens is 3. The van der Waals surface area contributed by atoms with Gasteiger partial charge in [-0.2, -0.15) is 13.2 Å². The van der Waals surface area contributed by atoms with Crippen molar-refractivity contribution in [2.45, 2.75) is 80.8 Å². The molecule has 2 saturated carbocycles. The number of phenolic OH excluding ortho intramolecular Hbond substituents is 1. The summed E-state index contributed by atoms with van der Waals surface area (Å²) in [4.78, 5) is 30.2. The van der Waals surface area contributed by atoms with Crippen LogP contribution in [0.3, 0.4) is 0 Å². The van der Waals surface area contributed by atoms with Crippen LogP contribution in [-0.2, 0) is 32.3 Å². The van der Waals surface area contributed by atoms with Crippen molar-refractivity contribution >= 4 is 11.9 Å². The molecule has 1 spiro atoms. The number of carbonyl (C=O) groups is 2. The number of aromatic hydroxyl groups is 1. The quantitative estimate of drug-likeness (QED) is 0.417. The Morgan fingerprint density at radius 2 is 1.88 bits per heavy atom. The molecule has 2 aliphatic heterocycles. The van der Waals surface area contributed by atoms with Crippen LogP contribution in [0.2, 0.25) is 0 Å². The van der Waals surface area contributed by atoms with Gasteiger partial charge in [0.1, 0.15) is 11.7 Å². The molecule has 2 aromatic carbocycles. The Morgan fingerprint density at radius 3 is 2.56 bits per heavy atom. The predicted molar refractivity (Wildman–Crippen MR) is 149 cm³/mol. The van der Waals surface area contributed by atoms with Gasteiger partial charge in [-0.05, 0) is 86.9 Å². The molecule has 1 saturated heterocycles. The van der Waals surface area contributed by atoms with Crippen LogP contribution in [0.1, 0.15) is 61.3 Å². The van der Waals surface area contributed by atoms with Gasteiger partial charge in [-0.25, -0.2) is 0 Å². The van der Waals surface area contributed by atoms with Crippen molar-refractivity contribution in [2.24, 2.45) is 5.92 Å². The van der Waals surface area contributed by atoms with Crippen LogP contribution < -0.4 is 4.74 Å². The van der Waals surface area contributed by atoms with E-state index in [0.717, 1.165) is 36.3 Å². The van der Waals surface area contributed by atoms with Crippen molar-refractivity contribution in [3.8, 4) is 23.3 Å². The summed E-state index contributed by atoms with van der Waals surface area (Å²) >= 11 is 0. The molecular weight excluding hydrogens is 561 g/mol. The highest BCUT2D eigenvalue weighted by atomic mass is 19.4. The molecule has 7 nitrogen and oxygen atoms in total. The highest BCUT2D eigenvalue weighted by molar-refractivity contribution is 5.94. The fourth-order valence-corrected chi connectivity index (χ4v) is 8.39. The van der Waals surface area contributed by atoms with Crippen molar-refractivity contribution in [1.29, 1.82) is 0 Å². The van der Waals surface area contributed by atoms with Gasteiger partial charge in [0.05, 0.1) is 23.1 Å². The molecule has 7 rings (SSSR count). The van der Waals surface area contributed by atoms with E-state index in [4.69, 9.17) is 9.47 Å². The zero-order valence-corrected chi connectivity index (χ0v) is 24.0. The minimum Gasteiger partial charge on any atom is -0.504 e. The Hall–Kier alpha value is -3.71. The van der Waals surface area contributed by atoms with E-state index in [-0.39, 0.29) is 17.8 Å². The molecule has 2 aromatic rings. The maximum Gasteiger partial charge on any atom is 0.416 e. The number of piperidine rings is 1. The average molecular weight is 595 g/mol. The summed E-state index contributed by atoms with van der Waals surface area (Å²) in [7, 11) is 1.65. The highest BCUT2D eigenvalue weighted by Crippen LogP contribution is 2.67. The van der Waals surface area contributed by atoms with Gasteiger partial charge >= 0.3 is 12.1 Å². The van der Waals surface area contributed by atoms with Crippen LogP contribution in [-0.4, -0.2) is 70.7 Å². The second-order valence-electron chi connectivity index (χ2n) is 12.7. The summed E-state index contributed by atoms with van der Waals surface area (Å²) in [6, 6.07) is 7.48. The second kappa shape index (κ2) is 9.65. The zero-order chi connectivity index (χ0) is 30.3. The van der Waals surface area contributed by atoms with Crippen LogP contribution in [0.4, 0.5) is 13.2 Å². The monoisotopic (exact) mass is 594 g/mol. The maximum atomic E-state index is 13.4. The van der Waals surface area contributed by atoms with Gasteiger partial charge in [-0.15, -0.1) is 0 Å². The number of likely N-dealkylation sites (N-methyl/N-ethyl adjacent to an activating group) is 1. The summed E-state index contributed by atoms with van der Waals surface area (Å²) in [5.41, 5.74) is -0.169. The number of esters is 1. The van der Waals surface area contributed by atoms with Crippen LogP contribution in [0, 0.1) is 17.8 Å². The molecule has 5 atom stereocenters. The average Bonchev–Trinajstić information content (AvgIpc) is 3.70. The SMILES string of the molecule is CC(=O)O[C@@]12CC[C@@H](N(C)C(=O)C#Cc3ccc(C(F)(F)F)cc3)[C@@H]3Oc4c(O)ccc5c4[C@@]31CCN(CC1CC1)[C@@H]2C5. The van der Waals surface area contributed by atoms with Crippen LogP contribution in [0.25, 0.3) is 0 Å². The van der Waals surface area contributed by atoms with Crippen molar-refractivity contribution in [3.05, 3.63) is 58.7 Å². The molecule has 226 valence electrons. The van der Waals surface area contributed by atoms with Crippen LogP contribution in [0.15, 0.2) is 36.4 Å². The van der Waals surface area contributed by atoms with Crippen molar-refractivity contribution < 1.29 is 37.3 Å². The first kappa shape index (κ1) is 28.1. The van der Waals surface area contributed by atoms with Gasteiger partial charge in [-0.1, -0.05) is 12.0 Å². The van der Waals surface area contributed by atoms with Crippen molar-refractivity contribution in [2.75, 3.05) is 20.1 Å². The number of amides is 1. The van der Waals surface area contributed by atoms with Crippen molar-refractivity contribution in [3.63, 3.8) is 0 Å². The number of phenols is 1. The van der Waals surface area contributed by atoms with Gasteiger partial charge in [0, 0.05) is 37.6 Å². The van der Waals surface area contributed by atoms with E-state index in [9.17, 15) is 27.9 Å². The van der Waals surface area contributed by atoms with E-state index in [1.165, 1.54) is 36.8 Å². The predicted octanol–water partition coefficient (Wildman–Crippen LogP) is 4.42. The fraction of sp³-hybridized carbons (Fsp3) is 0.515. The number of ether oxygens (including phenoxy) is 2. The minimum absolute atomic E-state index is 0.0212. The van der Waals surface area contributed by atoms with E-state index < -0.39 is 40.8 Å². The molecule has 0 unspecified atom stereocenters. The third-order valence-corrected chi connectivity index (χ3v) is 10.4. The molecule has 1 N–H and O–H groups in total. The third-order valence-electron chi connectivity index (χ3n) is 10.4. The Bertz CT molecular complexity index is 1560. The lowest BCUT2D eigenvalue weighted by atomic mass is 9.48. The first-order valence-electron chi connectivity index (χ1n) is 14.9. The number of nitrogens with zero attached hydrogens (tertiary/aromatic N) is 2. The Morgan fingerprint density at radius 1 is 1.14 bits per heavy atom.